The van der Waals surface area contributed by atoms with Crippen LogP contribution in [0.4, 0.5) is 10.5 Å². The van der Waals surface area contributed by atoms with Crippen molar-refractivity contribution in [2.24, 2.45) is 0 Å². The van der Waals surface area contributed by atoms with Gasteiger partial charge in [0.15, 0.2) is 0 Å². The minimum absolute atomic E-state index is 0.0349. The summed E-state index contributed by atoms with van der Waals surface area (Å²) in [5, 5.41) is 5.54. The smallest absolute Gasteiger partial charge is 0.319 e. The van der Waals surface area contributed by atoms with Crippen LogP contribution < -0.4 is 10.6 Å². The molecule has 0 radical (unpaired) electrons. The van der Waals surface area contributed by atoms with Gasteiger partial charge in [0.2, 0.25) is 0 Å². The van der Waals surface area contributed by atoms with Gasteiger partial charge in [0.05, 0.1) is 0 Å². The van der Waals surface area contributed by atoms with Crippen LogP contribution in [0.25, 0.3) is 6.08 Å². The average molecular weight is 407 g/mol. The molecule has 0 spiro atoms. The summed E-state index contributed by atoms with van der Waals surface area (Å²) in [5.74, 6) is 0.0349. The molecular formula is C24H30N4O2. The lowest BCUT2D eigenvalue weighted by Gasteiger charge is -2.34. The molecule has 2 N–H and O–H groups in total. The van der Waals surface area contributed by atoms with E-state index < -0.39 is 0 Å². The van der Waals surface area contributed by atoms with Gasteiger partial charge >= 0.3 is 6.03 Å². The van der Waals surface area contributed by atoms with Gasteiger partial charge in [0, 0.05) is 50.0 Å². The van der Waals surface area contributed by atoms with Crippen molar-refractivity contribution in [2.75, 3.05) is 38.0 Å². The largest absolute Gasteiger partial charge is 0.336 e. The van der Waals surface area contributed by atoms with E-state index in [1.165, 1.54) is 5.56 Å². The van der Waals surface area contributed by atoms with Gasteiger partial charge < -0.3 is 15.5 Å². The molecule has 3 rings (SSSR count). The fourth-order valence-corrected chi connectivity index (χ4v) is 3.34. The summed E-state index contributed by atoms with van der Waals surface area (Å²) in [6.45, 7) is 7.85. The third kappa shape index (κ3) is 6.46. The summed E-state index contributed by atoms with van der Waals surface area (Å²) < 4.78 is 0. The molecule has 1 saturated heterocycles. The Morgan fingerprint density at radius 1 is 0.967 bits per heavy atom. The minimum atomic E-state index is -0.249. The van der Waals surface area contributed by atoms with Gasteiger partial charge in [0.25, 0.3) is 5.91 Å². The quantitative estimate of drug-likeness (QED) is 0.769. The van der Waals surface area contributed by atoms with E-state index in [4.69, 9.17) is 0 Å². The Bertz CT molecular complexity index is 855. The number of hydrogen-bond acceptors (Lipinski definition) is 3. The zero-order valence-corrected chi connectivity index (χ0v) is 17.7. The number of amides is 3. The van der Waals surface area contributed by atoms with Crippen LogP contribution in [0.15, 0.2) is 60.7 Å². The van der Waals surface area contributed by atoms with Gasteiger partial charge in [-0.1, -0.05) is 42.5 Å². The number of nitrogens with zero attached hydrogens (tertiary/aromatic N) is 2. The highest BCUT2D eigenvalue weighted by atomic mass is 16.2. The second-order valence-corrected chi connectivity index (χ2v) is 7.74. The Balaban J connectivity index is 1.45. The van der Waals surface area contributed by atoms with Crippen LogP contribution in [-0.4, -0.2) is 60.5 Å². The Morgan fingerprint density at radius 2 is 1.63 bits per heavy atom. The number of benzene rings is 2. The Labute approximate surface area is 178 Å². The number of carbonyl (C=O) groups excluding carboxylic acids is 2. The van der Waals surface area contributed by atoms with Gasteiger partial charge in [-0.2, -0.15) is 0 Å². The number of anilines is 1. The molecule has 2 aromatic rings. The molecule has 158 valence electrons. The highest BCUT2D eigenvalue weighted by molar-refractivity contribution is 5.95. The molecule has 1 fully saturated rings. The number of piperazine rings is 1. The Kier molecular flexibility index (Phi) is 7.63. The van der Waals surface area contributed by atoms with Gasteiger partial charge in [-0.3, -0.25) is 9.69 Å². The number of urea groups is 1. The lowest BCUT2D eigenvalue weighted by atomic mass is 10.1. The average Bonchev–Trinajstić information content (AvgIpc) is 2.74. The minimum Gasteiger partial charge on any atom is -0.336 e. The summed E-state index contributed by atoms with van der Waals surface area (Å²) >= 11 is 0. The summed E-state index contributed by atoms with van der Waals surface area (Å²) in [6.07, 6.45) is 4.31. The monoisotopic (exact) mass is 406 g/mol. The first-order chi connectivity index (χ1) is 14.5. The van der Waals surface area contributed by atoms with Crippen LogP contribution >= 0.6 is 0 Å². The molecule has 0 aliphatic carbocycles. The van der Waals surface area contributed by atoms with E-state index >= 15 is 0 Å². The molecule has 0 bridgehead atoms. The molecule has 1 aliphatic heterocycles. The Hall–Kier alpha value is -3.12. The maximum atomic E-state index is 12.8. The topological polar surface area (TPSA) is 64.7 Å². The highest BCUT2D eigenvalue weighted by Crippen LogP contribution is 2.13. The first-order valence-electron chi connectivity index (χ1n) is 10.4. The van der Waals surface area contributed by atoms with Crippen molar-refractivity contribution < 1.29 is 9.59 Å². The van der Waals surface area contributed by atoms with Crippen molar-refractivity contribution in [1.82, 2.24) is 15.1 Å². The Morgan fingerprint density at radius 3 is 2.27 bits per heavy atom. The molecule has 1 aliphatic rings. The molecule has 6 heteroatoms. The molecule has 30 heavy (non-hydrogen) atoms. The van der Waals surface area contributed by atoms with Crippen molar-refractivity contribution >= 4 is 23.7 Å². The van der Waals surface area contributed by atoms with Gasteiger partial charge in [-0.15, -0.1) is 0 Å². The number of rotatable bonds is 6. The summed E-state index contributed by atoms with van der Waals surface area (Å²) in [6, 6.07) is 17.1. The van der Waals surface area contributed by atoms with Gasteiger partial charge in [0.1, 0.15) is 0 Å². The maximum absolute atomic E-state index is 12.8. The van der Waals surface area contributed by atoms with E-state index in [-0.39, 0.29) is 18.0 Å². The molecule has 0 atom stereocenters. The molecule has 1 heterocycles. The van der Waals surface area contributed by atoms with E-state index in [1.807, 2.05) is 36.9 Å². The normalized spacial score (nSPS) is 14.8. The van der Waals surface area contributed by atoms with E-state index in [0.717, 1.165) is 32.7 Å². The van der Waals surface area contributed by atoms with Crippen LogP contribution in [0.1, 0.15) is 29.8 Å². The zero-order chi connectivity index (χ0) is 21.3. The predicted molar refractivity (Wildman–Crippen MR) is 122 cm³/mol. The lowest BCUT2D eigenvalue weighted by Crippen LogP contribution is -2.48. The third-order valence-corrected chi connectivity index (χ3v) is 4.94. The lowest BCUT2D eigenvalue weighted by molar-refractivity contribution is 0.0650. The van der Waals surface area contributed by atoms with Crippen LogP contribution in [0.5, 0.6) is 0 Å². The first-order valence-corrected chi connectivity index (χ1v) is 10.4. The van der Waals surface area contributed by atoms with E-state index in [2.05, 4.69) is 39.8 Å². The van der Waals surface area contributed by atoms with Crippen molar-refractivity contribution in [3.05, 3.63) is 71.8 Å². The van der Waals surface area contributed by atoms with Crippen molar-refractivity contribution in [1.29, 1.82) is 0 Å². The second kappa shape index (κ2) is 10.6. The van der Waals surface area contributed by atoms with Crippen LogP contribution in [0.2, 0.25) is 0 Å². The predicted octanol–water partition coefficient (Wildman–Crippen LogP) is 3.69. The van der Waals surface area contributed by atoms with Crippen LogP contribution in [0, 0.1) is 0 Å². The van der Waals surface area contributed by atoms with Gasteiger partial charge in [-0.25, -0.2) is 4.79 Å². The maximum Gasteiger partial charge on any atom is 0.319 e. The second-order valence-electron chi connectivity index (χ2n) is 7.74. The standard InChI is InChI=1S/C24H30N4O2/c1-19(2)25-24(30)26-22-12-10-21(11-13-22)23(29)28-17-15-27(16-18-28)14-6-9-20-7-4-3-5-8-20/h3-13,19H,14-18H2,1-2H3,(H2,25,26,30)/b9-6+. The zero-order valence-electron chi connectivity index (χ0n) is 17.7. The summed E-state index contributed by atoms with van der Waals surface area (Å²) in [5.41, 5.74) is 2.51. The van der Waals surface area contributed by atoms with E-state index in [1.54, 1.807) is 24.3 Å². The van der Waals surface area contributed by atoms with E-state index in [9.17, 15) is 9.59 Å². The first kappa shape index (κ1) is 21.6. The highest BCUT2D eigenvalue weighted by Gasteiger charge is 2.21. The molecule has 2 aromatic carbocycles. The summed E-state index contributed by atoms with van der Waals surface area (Å²) in [7, 11) is 0. The van der Waals surface area contributed by atoms with Crippen molar-refractivity contribution in [3.8, 4) is 0 Å². The van der Waals surface area contributed by atoms with Gasteiger partial charge in [-0.05, 0) is 43.7 Å². The van der Waals surface area contributed by atoms with Crippen molar-refractivity contribution in [2.45, 2.75) is 19.9 Å². The molecule has 3 amide bonds. The fourth-order valence-electron chi connectivity index (χ4n) is 3.34. The molecule has 0 saturated carbocycles. The molecular weight excluding hydrogens is 376 g/mol. The number of hydrogen-bond donors (Lipinski definition) is 2. The number of carbonyl (C=O) groups is 2. The van der Waals surface area contributed by atoms with Crippen LogP contribution in [0.3, 0.4) is 0 Å². The number of nitrogens with one attached hydrogen (secondary N) is 2. The molecule has 0 unspecified atom stereocenters. The summed E-state index contributed by atoms with van der Waals surface area (Å²) in [4.78, 5) is 28.8. The molecule has 0 aromatic heterocycles. The fraction of sp³-hybridized carbons (Fsp3) is 0.333. The molecule has 6 nitrogen and oxygen atoms in total. The SMILES string of the molecule is CC(C)NC(=O)Nc1ccc(C(=O)N2CCN(C/C=C/c3ccccc3)CC2)cc1. The van der Waals surface area contributed by atoms with Crippen LogP contribution in [-0.2, 0) is 0 Å². The van der Waals surface area contributed by atoms with E-state index in [0.29, 0.717) is 11.3 Å². The van der Waals surface area contributed by atoms with Crippen molar-refractivity contribution in [3.63, 3.8) is 0 Å². The third-order valence-electron chi connectivity index (χ3n) is 4.94.